The maximum atomic E-state index is 13.5. The first kappa shape index (κ1) is 15.5. The molecule has 19 heavy (non-hydrogen) atoms. The predicted molar refractivity (Wildman–Crippen MR) is 66.8 cm³/mol. The number of nitrogens with zero attached hydrogens (tertiary/aromatic N) is 1. The zero-order chi connectivity index (χ0) is 14.8. The van der Waals surface area contributed by atoms with Gasteiger partial charge in [0.15, 0.2) is 0 Å². The van der Waals surface area contributed by atoms with Gasteiger partial charge in [0.1, 0.15) is 0 Å². The number of rotatable bonds is 5. The van der Waals surface area contributed by atoms with Gasteiger partial charge in [0.25, 0.3) is 0 Å². The predicted octanol–water partition coefficient (Wildman–Crippen LogP) is 0.588. The molecule has 1 aromatic carbocycles. The first-order chi connectivity index (χ1) is 8.72. The maximum Gasteiger partial charge on any atom is 0.309 e. The quantitative estimate of drug-likeness (QED) is 0.608. The lowest BCUT2D eigenvalue weighted by molar-refractivity contribution is -0.388. The van der Waals surface area contributed by atoms with Crippen LogP contribution in [0.25, 0.3) is 0 Å². The molecule has 0 spiro atoms. The second-order valence-corrected chi connectivity index (χ2v) is 5.63. The molecule has 106 valence electrons. The number of nitrogens with one attached hydrogen (secondary N) is 1. The molecule has 1 rings (SSSR count). The van der Waals surface area contributed by atoms with E-state index in [-0.39, 0.29) is 29.1 Å². The Morgan fingerprint density at radius 3 is 2.53 bits per heavy atom. The van der Waals surface area contributed by atoms with Gasteiger partial charge >= 0.3 is 5.69 Å². The highest BCUT2D eigenvalue weighted by molar-refractivity contribution is 7.89. The Kier molecular flexibility index (Phi) is 4.56. The molecule has 7 nitrogen and oxygen atoms in total. The fraction of sp³-hybridized carbons (Fsp3) is 0.400. The summed E-state index contributed by atoms with van der Waals surface area (Å²) in [7, 11) is -3.96. The highest BCUT2D eigenvalue weighted by atomic mass is 32.2. The Balaban J connectivity index is 3.53. The number of nitro groups is 1. The van der Waals surface area contributed by atoms with Crippen molar-refractivity contribution < 1.29 is 17.7 Å². The van der Waals surface area contributed by atoms with Crippen LogP contribution in [-0.4, -0.2) is 26.4 Å². The van der Waals surface area contributed by atoms with Crippen molar-refractivity contribution in [2.45, 2.75) is 18.7 Å². The van der Waals surface area contributed by atoms with Gasteiger partial charge in [0.2, 0.25) is 15.8 Å². The molecule has 0 bridgehead atoms. The Hall–Kier alpha value is -1.58. The molecular formula is C10H14FN3O4S. The molecule has 0 amide bonds. The van der Waals surface area contributed by atoms with E-state index in [0.29, 0.717) is 0 Å². The van der Waals surface area contributed by atoms with Crippen molar-refractivity contribution in [3.8, 4) is 0 Å². The first-order valence-electron chi connectivity index (χ1n) is 5.36. The number of nitro benzene ring substituents is 1. The average Bonchev–Trinajstić information content (AvgIpc) is 2.24. The molecule has 0 unspecified atom stereocenters. The Morgan fingerprint density at radius 1 is 1.47 bits per heavy atom. The summed E-state index contributed by atoms with van der Waals surface area (Å²) in [5.74, 6) is -1.06. The summed E-state index contributed by atoms with van der Waals surface area (Å²) in [5, 5.41) is 10.8. The number of nitrogens with two attached hydrogens (primary N) is 1. The second-order valence-electron chi connectivity index (χ2n) is 3.92. The van der Waals surface area contributed by atoms with Crippen LogP contribution < -0.4 is 10.5 Å². The molecule has 9 heteroatoms. The highest BCUT2D eigenvalue weighted by Gasteiger charge is 2.28. The van der Waals surface area contributed by atoms with Crippen molar-refractivity contribution in [3.63, 3.8) is 0 Å². The monoisotopic (exact) mass is 291 g/mol. The van der Waals surface area contributed by atoms with Crippen LogP contribution in [0.1, 0.15) is 11.1 Å². The average molecular weight is 291 g/mol. The molecular weight excluding hydrogens is 277 g/mol. The third-order valence-corrected chi connectivity index (χ3v) is 4.26. The van der Waals surface area contributed by atoms with Crippen LogP contribution in [0, 0.1) is 29.8 Å². The summed E-state index contributed by atoms with van der Waals surface area (Å²) >= 11 is 0. The van der Waals surface area contributed by atoms with E-state index in [1.165, 1.54) is 13.8 Å². The summed E-state index contributed by atoms with van der Waals surface area (Å²) in [4.78, 5) is 9.56. The van der Waals surface area contributed by atoms with Crippen molar-refractivity contribution in [1.29, 1.82) is 0 Å². The Morgan fingerprint density at radius 2 is 2.05 bits per heavy atom. The number of hydrogen-bond donors (Lipinski definition) is 2. The van der Waals surface area contributed by atoms with E-state index in [2.05, 4.69) is 4.72 Å². The molecule has 0 radical (unpaired) electrons. The van der Waals surface area contributed by atoms with E-state index in [0.717, 1.165) is 6.07 Å². The minimum absolute atomic E-state index is 0.00755. The van der Waals surface area contributed by atoms with E-state index in [9.17, 15) is 22.9 Å². The van der Waals surface area contributed by atoms with Gasteiger partial charge in [-0.2, -0.15) is 4.39 Å². The summed E-state index contributed by atoms with van der Waals surface area (Å²) in [5.41, 5.74) is 4.23. The lowest BCUT2D eigenvalue weighted by Crippen LogP contribution is -2.30. The highest BCUT2D eigenvalue weighted by Crippen LogP contribution is 2.30. The van der Waals surface area contributed by atoms with Crippen LogP contribution in [0.5, 0.6) is 0 Å². The third-order valence-electron chi connectivity index (χ3n) is 2.51. The van der Waals surface area contributed by atoms with Gasteiger partial charge in [-0.15, -0.1) is 0 Å². The largest absolute Gasteiger partial charge is 0.329 e. The number of halogens is 1. The Bertz CT molecular complexity index is 616. The van der Waals surface area contributed by atoms with Gasteiger partial charge in [-0.05, 0) is 25.5 Å². The second kappa shape index (κ2) is 5.59. The summed E-state index contributed by atoms with van der Waals surface area (Å²) in [6, 6.07) is 0.835. The Labute approximate surface area is 109 Å². The number of sulfonamides is 1. The molecule has 0 atom stereocenters. The number of aryl methyl sites for hydroxylation is 1. The lowest BCUT2D eigenvalue weighted by Gasteiger charge is -2.12. The molecule has 0 aliphatic rings. The van der Waals surface area contributed by atoms with Crippen LogP contribution in [0.4, 0.5) is 10.1 Å². The third kappa shape index (κ3) is 3.06. The zero-order valence-corrected chi connectivity index (χ0v) is 11.3. The molecule has 0 aliphatic heterocycles. The first-order valence-corrected chi connectivity index (χ1v) is 6.84. The van der Waals surface area contributed by atoms with E-state index >= 15 is 0 Å². The summed E-state index contributed by atoms with van der Waals surface area (Å²) < 4.78 is 39.7. The van der Waals surface area contributed by atoms with Gasteiger partial charge < -0.3 is 5.73 Å². The van der Waals surface area contributed by atoms with Crippen LogP contribution >= 0.6 is 0 Å². The van der Waals surface area contributed by atoms with Crippen molar-refractivity contribution >= 4 is 15.7 Å². The summed E-state index contributed by atoms with van der Waals surface area (Å²) in [6.07, 6.45) is 0. The van der Waals surface area contributed by atoms with Crippen LogP contribution in [0.3, 0.4) is 0 Å². The van der Waals surface area contributed by atoms with Crippen LogP contribution in [-0.2, 0) is 10.0 Å². The van der Waals surface area contributed by atoms with Gasteiger partial charge in [-0.25, -0.2) is 13.1 Å². The smallest absolute Gasteiger partial charge is 0.309 e. The van der Waals surface area contributed by atoms with Crippen LogP contribution in [0.15, 0.2) is 11.0 Å². The van der Waals surface area contributed by atoms with Gasteiger partial charge in [-0.1, -0.05) is 0 Å². The molecule has 0 heterocycles. The topological polar surface area (TPSA) is 115 Å². The fourth-order valence-electron chi connectivity index (χ4n) is 1.81. The molecule has 0 aliphatic carbocycles. The van der Waals surface area contributed by atoms with Crippen molar-refractivity contribution in [3.05, 3.63) is 33.1 Å². The van der Waals surface area contributed by atoms with E-state index < -0.39 is 26.5 Å². The molecule has 3 N–H and O–H groups in total. The van der Waals surface area contributed by atoms with E-state index in [1.807, 2.05) is 0 Å². The minimum Gasteiger partial charge on any atom is -0.329 e. The SMILES string of the molecule is Cc1cc(F)c([N+](=O)[O-])c(C)c1S(=O)(=O)NCCN. The molecule has 0 saturated carbocycles. The van der Waals surface area contributed by atoms with Crippen molar-refractivity contribution in [1.82, 2.24) is 4.72 Å². The fourth-order valence-corrected chi connectivity index (χ4v) is 3.32. The van der Waals surface area contributed by atoms with Gasteiger partial charge in [0.05, 0.1) is 15.4 Å². The lowest BCUT2D eigenvalue weighted by atomic mass is 10.1. The minimum atomic E-state index is -3.96. The normalized spacial score (nSPS) is 11.6. The van der Waals surface area contributed by atoms with Crippen molar-refractivity contribution in [2.24, 2.45) is 5.73 Å². The number of hydrogen-bond acceptors (Lipinski definition) is 5. The molecule has 0 fully saturated rings. The van der Waals surface area contributed by atoms with Crippen LogP contribution in [0.2, 0.25) is 0 Å². The van der Waals surface area contributed by atoms with Gasteiger partial charge in [-0.3, -0.25) is 10.1 Å². The number of benzene rings is 1. The van der Waals surface area contributed by atoms with Crippen molar-refractivity contribution in [2.75, 3.05) is 13.1 Å². The maximum absolute atomic E-state index is 13.5. The van der Waals surface area contributed by atoms with Gasteiger partial charge in [0, 0.05) is 13.1 Å². The molecule has 1 aromatic rings. The van der Waals surface area contributed by atoms with E-state index in [4.69, 9.17) is 5.73 Å². The van der Waals surface area contributed by atoms with E-state index in [1.54, 1.807) is 0 Å². The molecule has 0 aromatic heterocycles. The summed E-state index contributed by atoms with van der Waals surface area (Å²) in [6.45, 7) is 2.65. The standard InChI is InChI=1S/C10H14FN3O4S/c1-6-5-8(11)9(14(15)16)7(2)10(6)19(17,18)13-4-3-12/h5,13H,3-4,12H2,1-2H3. The molecule has 0 saturated heterocycles. The zero-order valence-electron chi connectivity index (χ0n) is 10.4.